The predicted molar refractivity (Wildman–Crippen MR) is 111 cm³/mol. The van der Waals surface area contributed by atoms with Crippen LogP contribution in [0.1, 0.15) is 30.0 Å². The number of amides is 2. The van der Waals surface area contributed by atoms with Gasteiger partial charge in [0.05, 0.1) is 6.04 Å². The number of carbonyl (C=O) groups is 2. The quantitative estimate of drug-likeness (QED) is 0.272. The smallest absolute Gasteiger partial charge is 0.242 e. The molecule has 0 aliphatic rings. The topological polar surface area (TPSA) is 154 Å². The van der Waals surface area contributed by atoms with Gasteiger partial charge in [0, 0.05) is 12.1 Å². The number of amidine groups is 1. The fourth-order valence-electron chi connectivity index (χ4n) is 2.65. The standard InChI is InChI=1S/C21H27N5O3/c1-13(20(28)25-12-15-2-7-16(8-3-15)19(23)24)26-21(29)18(22)11-6-14-4-9-17(27)10-5-14/h2-5,7-10,13,18,27H,6,11-12,22H2,1H3,(H3,23,24)(H,25,28)(H,26,29)/t13-,18+/m0/s1. The van der Waals surface area contributed by atoms with Crippen molar-refractivity contribution in [1.29, 1.82) is 5.41 Å². The number of rotatable bonds is 9. The van der Waals surface area contributed by atoms with E-state index in [0.717, 1.165) is 11.1 Å². The molecule has 0 aliphatic heterocycles. The molecule has 2 aromatic rings. The summed E-state index contributed by atoms with van der Waals surface area (Å²) in [6.07, 6.45) is 1.01. The third-order valence-corrected chi connectivity index (χ3v) is 4.50. The minimum Gasteiger partial charge on any atom is -0.508 e. The highest BCUT2D eigenvalue weighted by Gasteiger charge is 2.19. The van der Waals surface area contributed by atoms with Crippen molar-refractivity contribution < 1.29 is 14.7 Å². The second kappa shape index (κ2) is 10.2. The Morgan fingerprint density at radius 1 is 1.03 bits per heavy atom. The molecule has 0 saturated heterocycles. The van der Waals surface area contributed by atoms with Gasteiger partial charge in [-0.25, -0.2) is 0 Å². The average Bonchev–Trinajstić information content (AvgIpc) is 2.71. The first kappa shape index (κ1) is 21.9. The molecule has 2 rings (SSSR count). The maximum absolute atomic E-state index is 12.2. The fourth-order valence-corrected chi connectivity index (χ4v) is 2.65. The predicted octanol–water partition coefficient (Wildman–Crippen LogP) is 0.757. The third kappa shape index (κ3) is 6.93. The van der Waals surface area contributed by atoms with Crippen molar-refractivity contribution in [2.45, 2.75) is 38.4 Å². The van der Waals surface area contributed by atoms with Crippen LogP contribution >= 0.6 is 0 Å². The molecule has 0 bridgehead atoms. The van der Waals surface area contributed by atoms with Crippen LogP contribution in [0.3, 0.4) is 0 Å². The number of nitrogens with two attached hydrogens (primary N) is 2. The minimum atomic E-state index is -0.738. The molecule has 0 unspecified atom stereocenters. The second-order valence-electron chi connectivity index (χ2n) is 6.87. The summed E-state index contributed by atoms with van der Waals surface area (Å²) in [5, 5.41) is 22.0. The Balaban J connectivity index is 1.76. The van der Waals surface area contributed by atoms with Crippen LogP contribution in [0.15, 0.2) is 48.5 Å². The van der Waals surface area contributed by atoms with Gasteiger partial charge in [-0.05, 0) is 43.0 Å². The molecule has 0 saturated carbocycles. The van der Waals surface area contributed by atoms with Crippen molar-refractivity contribution >= 4 is 17.6 Å². The maximum Gasteiger partial charge on any atom is 0.242 e. The highest BCUT2D eigenvalue weighted by molar-refractivity contribution is 5.94. The van der Waals surface area contributed by atoms with Gasteiger partial charge in [-0.1, -0.05) is 36.4 Å². The summed E-state index contributed by atoms with van der Waals surface area (Å²) in [6.45, 7) is 1.89. The summed E-state index contributed by atoms with van der Waals surface area (Å²) in [4.78, 5) is 24.4. The van der Waals surface area contributed by atoms with E-state index in [-0.39, 0.29) is 17.5 Å². The molecule has 2 aromatic carbocycles. The maximum atomic E-state index is 12.2. The van der Waals surface area contributed by atoms with Crippen LogP contribution in [0.5, 0.6) is 5.75 Å². The van der Waals surface area contributed by atoms with Gasteiger partial charge in [-0.3, -0.25) is 15.0 Å². The molecule has 0 aliphatic carbocycles. The zero-order valence-electron chi connectivity index (χ0n) is 16.3. The van der Waals surface area contributed by atoms with E-state index in [1.165, 1.54) is 0 Å². The normalized spacial score (nSPS) is 12.6. The fraction of sp³-hybridized carbons (Fsp3) is 0.286. The summed E-state index contributed by atoms with van der Waals surface area (Å²) in [5.74, 6) is -0.541. The van der Waals surface area contributed by atoms with E-state index in [1.54, 1.807) is 55.5 Å². The van der Waals surface area contributed by atoms with Gasteiger partial charge >= 0.3 is 0 Å². The summed E-state index contributed by atoms with van der Waals surface area (Å²) in [5.41, 5.74) is 13.8. The summed E-state index contributed by atoms with van der Waals surface area (Å²) in [6, 6.07) is 12.2. The molecule has 0 aromatic heterocycles. The highest BCUT2D eigenvalue weighted by atomic mass is 16.3. The molecular weight excluding hydrogens is 370 g/mol. The number of aromatic hydroxyl groups is 1. The van der Waals surface area contributed by atoms with Crippen LogP contribution in [-0.2, 0) is 22.6 Å². The van der Waals surface area contributed by atoms with Crippen molar-refractivity contribution in [2.24, 2.45) is 11.5 Å². The van der Waals surface area contributed by atoms with Crippen molar-refractivity contribution in [1.82, 2.24) is 10.6 Å². The molecule has 8 nitrogen and oxygen atoms in total. The molecule has 0 radical (unpaired) electrons. The van der Waals surface area contributed by atoms with Crippen LogP contribution in [0.2, 0.25) is 0 Å². The summed E-state index contributed by atoms with van der Waals surface area (Å²) >= 11 is 0. The molecule has 29 heavy (non-hydrogen) atoms. The van der Waals surface area contributed by atoms with Crippen molar-refractivity contribution in [3.8, 4) is 5.75 Å². The number of hydrogen-bond acceptors (Lipinski definition) is 5. The van der Waals surface area contributed by atoms with E-state index in [2.05, 4.69) is 10.6 Å². The first-order valence-corrected chi connectivity index (χ1v) is 9.31. The molecule has 8 N–H and O–H groups in total. The van der Waals surface area contributed by atoms with Crippen LogP contribution < -0.4 is 22.1 Å². The molecular formula is C21H27N5O3. The van der Waals surface area contributed by atoms with E-state index in [4.69, 9.17) is 16.9 Å². The van der Waals surface area contributed by atoms with E-state index >= 15 is 0 Å². The van der Waals surface area contributed by atoms with Gasteiger partial charge in [0.2, 0.25) is 11.8 Å². The second-order valence-corrected chi connectivity index (χ2v) is 6.87. The Morgan fingerprint density at radius 2 is 1.62 bits per heavy atom. The van der Waals surface area contributed by atoms with Crippen LogP contribution in [0.4, 0.5) is 0 Å². The number of hydrogen-bond donors (Lipinski definition) is 6. The Kier molecular flexibility index (Phi) is 7.73. The van der Waals surface area contributed by atoms with Gasteiger partial charge < -0.3 is 27.2 Å². The van der Waals surface area contributed by atoms with Crippen LogP contribution in [-0.4, -0.2) is 34.8 Å². The number of nitrogen functional groups attached to an aromatic ring is 1. The lowest BCUT2D eigenvalue weighted by Crippen LogP contribution is -2.50. The molecule has 2 atom stereocenters. The minimum absolute atomic E-state index is 0.0151. The molecule has 0 heterocycles. The molecule has 0 fully saturated rings. The Hall–Kier alpha value is -3.39. The number of phenolic OH excluding ortho intramolecular Hbond substituents is 1. The molecule has 8 heteroatoms. The first-order chi connectivity index (χ1) is 13.8. The van der Waals surface area contributed by atoms with Gasteiger partial charge in [0.25, 0.3) is 0 Å². The van der Waals surface area contributed by atoms with E-state index in [9.17, 15) is 14.7 Å². The zero-order chi connectivity index (χ0) is 21.4. The Bertz CT molecular complexity index is 850. The monoisotopic (exact) mass is 397 g/mol. The summed E-state index contributed by atoms with van der Waals surface area (Å²) < 4.78 is 0. The number of carbonyl (C=O) groups excluding carboxylic acids is 2. The number of phenols is 1. The highest BCUT2D eigenvalue weighted by Crippen LogP contribution is 2.11. The molecule has 0 spiro atoms. The van der Waals surface area contributed by atoms with E-state index in [1.807, 2.05) is 0 Å². The average molecular weight is 397 g/mol. The number of aryl methyl sites for hydroxylation is 1. The van der Waals surface area contributed by atoms with Gasteiger partial charge in [0.15, 0.2) is 0 Å². The Labute approximate surface area is 169 Å². The van der Waals surface area contributed by atoms with Crippen LogP contribution in [0, 0.1) is 5.41 Å². The lowest BCUT2D eigenvalue weighted by molar-refractivity contribution is -0.129. The molecule has 154 valence electrons. The summed E-state index contributed by atoms with van der Waals surface area (Å²) in [7, 11) is 0. The van der Waals surface area contributed by atoms with Gasteiger partial charge in [0.1, 0.15) is 17.6 Å². The van der Waals surface area contributed by atoms with Gasteiger partial charge in [-0.2, -0.15) is 0 Å². The Morgan fingerprint density at radius 3 is 2.21 bits per heavy atom. The largest absolute Gasteiger partial charge is 0.508 e. The first-order valence-electron chi connectivity index (χ1n) is 9.31. The third-order valence-electron chi connectivity index (χ3n) is 4.50. The van der Waals surface area contributed by atoms with Gasteiger partial charge in [-0.15, -0.1) is 0 Å². The zero-order valence-corrected chi connectivity index (χ0v) is 16.3. The van der Waals surface area contributed by atoms with E-state index in [0.29, 0.717) is 24.9 Å². The lowest BCUT2D eigenvalue weighted by Gasteiger charge is -2.17. The number of nitrogens with one attached hydrogen (secondary N) is 3. The van der Waals surface area contributed by atoms with Crippen molar-refractivity contribution in [2.75, 3.05) is 0 Å². The van der Waals surface area contributed by atoms with Crippen molar-refractivity contribution in [3.05, 3.63) is 65.2 Å². The SMILES string of the molecule is C[C@H](NC(=O)[C@H](N)CCc1ccc(O)cc1)C(=O)NCc1ccc(C(=N)N)cc1. The lowest BCUT2D eigenvalue weighted by atomic mass is 10.0. The van der Waals surface area contributed by atoms with Crippen LogP contribution in [0.25, 0.3) is 0 Å². The number of benzene rings is 2. The molecule has 2 amide bonds. The van der Waals surface area contributed by atoms with Crippen molar-refractivity contribution in [3.63, 3.8) is 0 Å². The van der Waals surface area contributed by atoms with E-state index < -0.39 is 18.0 Å².